The van der Waals surface area contributed by atoms with Crippen LogP contribution in [0.25, 0.3) is 0 Å². The minimum atomic E-state index is -1.67. The van der Waals surface area contributed by atoms with E-state index in [1.807, 2.05) is 0 Å². The number of aliphatic imine (C=N–C) groups is 1. The van der Waals surface area contributed by atoms with E-state index in [9.17, 15) is 39.0 Å². The molecule has 1 rings (SSSR count). The number of carboxylic acids is 1. The number of phenols is 1. The number of aromatic hydroxyl groups is 1. The number of nitrogens with one attached hydrogen (secondary N) is 3. The Hall–Kier alpha value is -4.93. The number of hydrogen-bond donors (Lipinski definition) is 10. The first kappa shape index (κ1) is 34.1. The number of carbonyl (C=O) groups is 6. The predicted octanol–water partition coefficient (Wildman–Crippen LogP) is -4.00. The second-order valence-electron chi connectivity index (χ2n) is 9.12. The van der Waals surface area contributed by atoms with E-state index in [1.54, 1.807) is 0 Å². The van der Waals surface area contributed by atoms with Crippen molar-refractivity contribution in [3.63, 3.8) is 0 Å². The molecule has 0 fully saturated rings. The minimum absolute atomic E-state index is 0.00384. The van der Waals surface area contributed by atoms with Crippen molar-refractivity contribution in [2.24, 2.45) is 33.7 Å². The zero-order valence-electron chi connectivity index (χ0n) is 22.2. The van der Waals surface area contributed by atoms with Gasteiger partial charge < -0.3 is 54.8 Å². The lowest BCUT2D eigenvalue weighted by Crippen LogP contribution is -2.58. The van der Waals surface area contributed by atoms with Crippen molar-refractivity contribution < 1.29 is 39.0 Å². The predicted molar refractivity (Wildman–Crippen MR) is 145 cm³/mol. The molecule has 0 spiro atoms. The van der Waals surface area contributed by atoms with Crippen LogP contribution in [0.5, 0.6) is 5.75 Å². The number of aliphatic carboxylic acids is 1. The summed E-state index contributed by atoms with van der Waals surface area (Å²) in [6, 6.07) is 0.181. The van der Waals surface area contributed by atoms with Crippen molar-refractivity contribution in [1.29, 1.82) is 0 Å². The Morgan fingerprint density at radius 3 is 1.88 bits per heavy atom. The lowest BCUT2D eigenvalue weighted by Gasteiger charge is -2.25. The number of primary amides is 2. The number of rotatable bonds is 18. The summed E-state index contributed by atoms with van der Waals surface area (Å²) < 4.78 is 0. The first-order valence-corrected chi connectivity index (χ1v) is 12.5. The van der Waals surface area contributed by atoms with Gasteiger partial charge >= 0.3 is 5.97 Å². The fraction of sp³-hybridized carbons (Fsp3) is 0.458. The van der Waals surface area contributed by atoms with Crippen LogP contribution in [0.3, 0.4) is 0 Å². The monoisotopic (exact) mass is 579 g/mol. The molecule has 226 valence electrons. The quantitative estimate of drug-likeness (QED) is 0.0453. The Morgan fingerprint density at radius 1 is 0.780 bits per heavy atom. The zero-order chi connectivity index (χ0) is 31.1. The number of guanidine groups is 1. The van der Waals surface area contributed by atoms with Crippen molar-refractivity contribution in [3.8, 4) is 5.75 Å². The molecule has 0 radical (unpaired) electrons. The Morgan fingerprint density at radius 2 is 1.34 bits per heavy atom. The average molecular weight is 580 g/mol. The van der Waals surface area contributed by atoms with Gasteiger partial charge in [-0.1, -0.05) is 12.1 Å². The molecule has 41 heavy (non-hydrogen) atoms. The molecule has 0 saturated heterocycles. The zero-order valence-corrected chi connectivity index (χ0v) is 22.2. The number of phenolic OH excluding ortho intramolecular Hbond substituents is 1. The molecule has 1 aromatic carbocycles. The summed E-state index contributed by atoms with van der Waals surface area (Å²) in [5.41, 5.74) is 27.1. The summed E-state index contributed by atoms with van der Waals surface area (Å²) in [5, 5.41) is 26.1. The van der Waals surface area contributed by atoms with Gasteiger partial charge in [0.1, 0.15) is 23.9 Å². The van der Waals surface area contributed by atoms with E-state index in [4.69, 9.17) is 28.7 Å². The molecule has 4 unspecified atom stereocenters. The molecule has 0 saturated carbocycles. The van der Waals surface area contributed by atoms with Gasteiger partial charge in [-0.05, 0) is 37.0 Å². The number of nitrogens with zero attached hydrogens (tertiary/aromatic N) is 1. The van der Waals surface area contributed by atoms with Crippen LogP contribution in [0, 0.1) is 0 Å². The number of carboxylic acid groups (broad SMARTS) is 1. The highest BCUT2D eigenvalue weighted by Gasteiger charge is 2.31. The highest BCUT2D eigenvalue weighted by atomic mass is 16.4. The highest BCUT2D eigenvalue weighted by Crippen LogP contribution is 2.12. The van der Waals surface area contributed by atoms with Gasteiger partial charge in [-0.25, -0.2) is 4.79 Å². The third-order valence-corrected chi connectivity index (χ3v) is 5.65. The van der Waals surface area contributed by atoms with E-state index < -0.39 is 66.1 Å². The number of hydrogen-bond acceptors (Lipinski definition) is 9. The topological polar surface area (TPSA) is 321 Å². The summed E-state index contributed by atoms with van der Waals surface area (Å²) in [6.45, 7) is 0.112. The lowest BCUT2D eigenvalue weighted by atomic mass is 10.0. The highest BCUT2D eigenvalue weighted by molar-refractivity contribution is 5.95. The van der Waals surface area contributed by atoms with Gasteiger partial charge in [-0.3, -0.25) is 29.0 Å². The van der Waals surface area contributed by atoms with Crippen LogP contribution >= 0.6 is 0 Å². The molecular weight excluding hydrogens is 542 g/mol. The Bertz CT molecular complexity index is 1120. The normalized spacial score (nSPS) is 13.5. The van der Waals surface area contributed by atoms with Crippen LogP contribution in [0.2, 0.25) is 0 Å². The van der Waals surface area contributed by atoms with Crippen molar-refractivity contribution in [2.45, 2.75) is 62.7 Å². The molecule has 0 bridgehead atoms. The fourth-order valence-electron chi connectivity index (χ4n) is 3.50. The molecule has 4 atom stereocenters. The van der Waals surface area contributed by atoms with Crippen LogP contribution in [-0.2, 0) is 35.2 Å². The lowest BCUT2D eigenvalue weighted by molar-refractivity contribution is -0.143. The summed E-state index contributed by atoms with van der Waals surface area (Å²) in [7, 11) is 0. The maximum Gasteiger partial charge on any atom is 0.326 e. The second kappa shape index (κ2) is 16.9. The van der Waals surface area contributed by atoms with E-state index in [1.165, 1.54) is 24.3 Å². The second-order valence-corrected chi connectivity index (χ2v) is 9.12. The van der Waals surface area contributed by atoms with Crippen LogP contribution in [0.1, 0.15) is 37.7 Å². The maximum absolute atomic E-state index is 13.3. The number of amides is 5. The Labute approximate surface area is 235 Å². The molecule has 0 aliphatic carbocycles. The molecule has 0 aliphatic rings. The van der Waals surface area contributed by atoms with Crippen LogP contribution in [0.4, 0.5) is 0 Å². The molecule has 5 amide bonds. The van der Waals surface area contributed by atoms with E-state index in [-0.39, 0.29) is 50.4 Å². The van der Waals surface area contributed by atoms with Crippen LogP contribution < -0.4 is 44.6 Å². The van der Waals surface area contributed by atoms with Crippen LogP contribution in [-0.4, -0.2) is 82.4 Å². The van der Waals surface area contributed by atoms with Crippen molar-refractivity contribution >= 4 is 41.5 Å². The largest absolute Gasteiger partial charge is 0.508 e. The Balaban J connectivity index is 3.20. The van der Waals surface area contributed by atoms with Gasteiger partial charge in [0.2, 0.25) is 29.5 Å². The van der Waals surface area contributed by atoms with Crippen molar-refractivity contribution in [2.75, 3.05) is 6.54 Å². The van der Waals surface area contributed by atoms with Crippen molar-refractivity contribution in [1.82, 2.24) is 16.0 Å². The molecule has 0 heterocycles. The van der Waals surface area contributed by atoms with E-state index in [0.29, 0.717) is 5.56 Å². The van der Waals surface area contributed by atoms with Gasteiger partial charge in [0.05, 0.1) is 12.5 Å². The summed E-state index contributed by atoms with van der Waals surface area (Å²) >= 11 is 0. The molecule has 0 aromatic heterocycles. The summed E-state index contributed by atoms with van der Waals surface area (Å²) in [6.07, 6.45) is -0.876. The van der Waals surface area contributed by atoms with Gasteiger partial charge in [0, 0.05) is 19.4 Å². The van der Waals surface area contributed by atoms with Gasteiger partial charge in [-0.15, -0.1) is 0 Å². The van der Waals surface area contributed by atoms with Gasteiger partial charge in [0.15, 0.2) is 5.96 Å². The Kier molecular flexibility index (Phi) is 14.1. The summed E-state index contributed by atoms with van der Waals surface area (Å²) in [5.74, 6) is -5.95. The smallest absolute Gasteiger partial charge is 0.326 e. The first-order chi connectivity index (χ1) is 19.2. The number of nitrogens with two attached hydrogens (primary N) is 5. The van der Waals surface area contributed by atoms with E-state index in [0.717, 1.165) is 0 Å². The third-order valence-electron chi connectivity index (χ3n) is 5.65. The molecule has 17 nitrogen and oxygen atoms in total. The molecule has 15 N–H and O–H groups in total. The van der Waals surface area contributed by atoms with E-state index >= 15 is 0 Å². The first-order valence-electron chi connectivity index (χ1n) is 12.5. The van der Waals surface area contributed by atoms with Gasteiger partial charge in [0.25, 0.3) is 0 Å². The number of carbonyl (C=O) groups excluding carboxylic acids is 5. The molecular formula is C24H37N9O8. The SMILES string of the molecule is NC(=O)CCC(N)C(=O)NC(CCCN=C(N)N)C(=O)NC(Cc1ccc(O)cc1)C(=O)NC(CC(N)=O)C(=O)O. The van der Waals surface area contributed by atoms with Crippen LogP contribution in [0.15, 0.2) is 29.3 Å². The van der Waals surface area contributed by atoms with Gasteiger partial charge in [-0.2, -0.15) is 0 Å². The summed E-state index contributed by atoms with van der Waals surface area (Å²) in [4.78, 5) is 76.7. The standard InChI is InChI=1S/C24H37N9O8/c25-14(7-8-18(26)35)20(37)31-15(2-1-9-30-24(28)29)21(38)32-16(10-12-3-5-13(34)6-4-12)22(39)33-17(23(40)41)11-19(27)36/h3-6,14-17,34H,1-2,7-11,25H2,(H2,26,35)(H2,27,36)(H,31,37)(H,32,38)(H,33,39)(H,40,41)(H4,28,29,30). The molecule has 1 aromatic rings. The van der Waals surface area contributed by atoms with E-state index in [2.05, 4.69) is 20.9 Å². The number of benzene rings is 1. The molecule has 17 heteroatoms. The maximum atomic E-state index is 13.3. The molecule has 0 aliphatic heterocycles. The minimum Gasteiger partial charge on any atom is -0.508 e. The third kappa shape index (κ3) is 13.6. The fourth-order valence-corrected chi connectivity index (χ4v) is 3.50. The van der Waals surface area contributed by atoms with Crippen molar-refractivity contribution in [3.05, 3.63) is 29.8 Å². The average Bonchev–Trinajstić information content (AvgIpc) is 2.88.